The zero-order valence-corrected chi connectivity index (χ0v) is 23.1. The van der Waals surface area contributed by atoms with Gasteiger partial charge in [-0.15, -0.1) is 0 Å². The van der Waals surface area contributed by atoms with Crippen molar-refractivity contribution >= 4 is 27.6 Å². The van der Waals surface area contributed by atoms with E-state index >= 15 is 0 Å². The molecule has 1 unspecified atom stereocenters. The minimum absolute atomic E-state index is 0. The number of anilines is 2. The summed E-state index contributed by atoms with van der Waals surface area (Å²) in [5.41, 5.74) is 6.85. The molecule has 0 aliphatic carbocycles. The SMILES string of the molecule is CC(C)COc1ccc(-c2ccc(C(=O)NS(=O)(=O)c3cccc(N)n3)c(N3CC(C)CC3(C)C)n2)cn1.[HH]. The van der Waals surface area contributed by atoms with E-state index in [2.05, 4.69) is 54.2 Å². The summed E-state index contributed by atoms with van der Waals surface area (Å²) in [6.45, 7) is 11.7. The Hall–Kier alpha value is -3.73. The number of carbonyl (C=O) groups excluding carboxylic acids is 1. The first-order valence-corrected chi connectivity index (χ1v) is 14.0. The maximum Gasteiger partial charge on any atom is 0.281 e. The van der Waals surface area contributed by atoms with Gasteiger partial charge in [0.1, 0.15) is 11.6 Å². The average Bonchev–Trinajstić information content (AvgIpc) is 3.14. The van der Waals surface area contributed by atoms with Gasteiger partial charge in [0.05, 0.1) is 17.9 Å². The van der Waals surface area contributed by atoms with Gasteiger partial charge in [-0.05, 0) is 62.4 Å². The zero-order chi connectivity index (χ0) is 27.7. The normalized spacial score (nSPS) is 17.0. The number of nitrogen functional groups attached to an aromatic ring is 1. The van der Waals surface area contributed by atoms with Crippen molar-refractivity contribution in [2.24, 2.45) is 11.8 Å². The van der Waals surface area contributed by atoms with Crippen molar-refractivity contribution in [2.75, 3.05) is 23.8 Å². The van der Waals surface area contributed by atoms with Crippen LogP contribution in [0.3, 0.4) is 0 Å². The smallest absolute Gasteiger partial charge is 0.281 e. The molecule has 10 nitrogen and oxygen atoms in total. The molecular formula is C27H36N6O4S. The summed E-state index contributed by atoms with van der Waals surface area (Å²) < 4.78 is 33.6. The first-order chi connectivity index (χ1) is 17.9. The van der Waals surface area contributed by atoms with Gasteiger partial charge in [-0.2, -0.15) is 8.42 Å². The monoisotopic (exact) mass is 540 g/mol. The minimum Gasteiger partial charge on any atom is -0.477 e. The molecule has 0 saturated carbocycles. The molecule has 1 atom stereocenters. The largest absolute Gasteiger partial charge is 0.477 e. The van der Waals surface area contributed by atoms with Crippen LogP contribution in [0.25, 0.3) is 11.3 Å². The van der Waals surface area contributed by atoms with Gasteiger partial charge in [-0.1, -0.05) is 26.8 Å². The summed E-state index contributed by atoms with van der Waals surface area (Å²) in [7, 11) is -4.25. The molecule has 1 fully saturated rings. The lowest BCUT2D eigenvalue weighted by Gasteiger charge is -2.34. The molecule has 0 aromatic carbocycles. The fraction of sp³-hybridized carbons (Fsp3) is 0.407. The number of carbonyl (C=O) groups is 1. The van der Waals surface area contributed by atoms with E-state index in [9.17, 15) is 13.2 Å². The fourth-order valence-electron chi connectivity index (χ4n) is 4.63. The summed E-state index contributed by atoms with van der Waals surface area (Å²) in [5.74, 6) is 0.914. The third kappa shape index (κ3) is 6.04. The van der Waals surface area contributed by atoms with Crippen LogP contribution in [-0.2, 0) is 10.0 Å². The Kier molecular flexibility index (Phi) is 7.59. The van der Waals surface area contributed by atoms with E-state index in [1.165, 1.54) is 18.2 Å². The summed E-state index contributed by atoms with van der Waals surface area (Å²) in [4.78, 5) is 28.5. The maximum atomic E-state index is 13.4. The van der Waals surface area contributed by atoms with Crippen molar-refractivity contribution in [3.05, 3.63) is 54.2 Å². The number of pyridine rings is 3. The highest BCUT2D eigenvalue weighted by Crippen LogP contribution is 2.38. The summed E-state index contributed by atoms with van der Waals surface area (Å²) in [6.07, 6.45) is 2.57. The number of hydrogen-bond acceptors (Lipinski definition) is 9. The number of sulfonamides is 1. The Morgan fingerprint density at radius 2 is 1.97 bits per heavy atom. The van der Waals surface area contributed by atoms with Crippen molar-refractivity contribution in [3.8, 4) is 17.1 Å². The van der Waals surface area contributed by atoms with Crippen LogP contribution >= 0.6 is 0 Å². The Morgan fingerprint density at radius 1 is 1.21 bits per heavy atom. The van der Waals surface area contributed by atoms with Gasteiger partial charge in [0.15, 0.2) is 5.03 Å². The van der Waals surface area contributed by atoms with E-state index in [0.29, 0.717) is 42.4 Å². The van der Waals surface area contributed by atoms with Crippen molar-refractivity contribution in [1.82, 2.24) is 19.7 Å². The van der Waals surface area contributed by atoms with Gasteiger partial charge in [0.2, 0.25) is 5.88 Å². The van der Waals surface area contributed by atoms with Gasteiger partial charge in [0, 0.05) is 31.3 Å². The molecule has 204 valence electrons. The molecule has 0 spiro atoms. The van der Waals surface area contributed by atoms with Crippen LogP contribution in [0.15, 0.2) is 53.7 Å². The number of nitrogens with zero attached hydrogens (tertiary/aromatic N) is 4. The maximum absolute atomic E-state index is 13.4. The van der Waals surface area contributed by atoms with Crippen LogP contribution in [0, 0.1) is 11.8 Å². The van der Waals surface area contributed by atoms with Gasteiger partial charge in [-0.3, -0.25) is 4.79 Å². The number of amides is 1. The quantitative estimate of drug-likeness (QED) is 0.431. The van der Waals surface area contributed by atoms with Crippen molar-refractivity contribution in [2.45, 2.75) is 51.6 Å². The third-order valence-electron chi connectivity index (χ3n) is 6.29. The number of ether oxygens (including phenoxy) is 1. The number of aromatic nitrogens is 3. The molecule has 1 saturated heterocycles. The lowest BCUT2D eigenvalue weighted by Crippen LogP contribution is -2.41. The second kappa shape index (κ2) is 10.6. The summed E-state index contributed by atoms with van der Waals surface area (Å²) >= 11 is 0. The Bertz CT molecular complexity index is 1430. The molecule has 3 N–H and O–H groups in total. The number of nitrogens with two attached hydrogens (primary N) is 1. The van der Waals surface area contributed by atoms with E-state index in [0.717, 1.165) is 12.0 Å². The molecule has 1 aliphatic rings. The predicted octanol–water partition coefficient (Wildman–Crippen LogP) is 4.15. The molecule has 11 heteroatoms. The van der Waals surface area contributed by atoms with Crippen molar-refractivity contribution in [1.29, 1.82) is 0 Å². The molecular weight excluding hydrogens is 504 g/mol. The first kappa shape index (κ1) is 27.3. The molecule has 1 amide bonds. The van der Waals surface area contributed by atoms with Crippen LogP contribution < -0.4 is 20.1 Å². The van der Waals surface area contributed by atoms with E-state index < -0.39 is 15.9 Å². The van der Waals surface area contributed by atoms with Crippen LogP contribution in [0.2, 0.25) is 0 Å². The Labute approximate surface area is 225 Å². The molecule has 0 bridgehead atoms. The second-order valence-electron chi connectivity index (χ2n) is 10.7. The predicted molar refractivity (Wildman–Crippen MR) is 148 cm³/mol. The highest BCUT2D eigenvalue weighted by Gasteiger charge is 2.39. The molecule has 3 aromatic rings. The van der Waals surface area contributed by atoms with Gasteiger partial charge in [0.25, 0.3) is 15.9 Å². The van der Waals surface area contributed by atoms with Crippen LogP contribution in [0.1, 0.15) is 52.8 Å². The van der Waals surface area contributed by atoms with Crippen molar-refractivity contribution in [3.63, 3.8) is 0 Å². The molecule has 1 aliphatic heterocycles. The second-order valence-corrected chi connectivity index (χ2v) is 12.4. The Morgan fingerprint density at radius 3 is 2.58 bits per heavy atom. The fourth-order valence-corrected chi connectivity index (χ4v) is 5.57. The van der Waals surface area contributed by atoms with E-state index in [1.54, 1.807) is 24.4 Å². The van der Waals surface area contributed by atoms with Gasteiger partial charge < -0.3 is 15.4 Å². The summed E-state index contributed by atoms with van der Waals surface area (Å²) in [6, 6.07) is 11.1. The highest BCUT2D eigenvalue weighted by molar-refractivity contribution is 7.90. The molecule has 4 heterocycles. The summed E-state index contributed by atoms with van der Waals surface area (Å²) in [5, 5.41) is -0.335. The topological polar surface area (TPSA) is 140 Å². The average molecular weight is 541 g/mol. The minimum atomic E-state index is -4.25. The molecule has 4 rings (SSSR count). The number of hydrogen-bond donors (Lipinski definition) is 2. The van der Waals surface area contributed by atoms with E-state index in [4.69, 9.17) is 15.5 Å². The van der Waals surface area contributed by atoms with Crippen LogP contribution in [-0.4, -0.2) is 48.0 Å². The van der Waals surface area contributed by atoms with Gasteiger partial charge in [-0.25, -0.2) is 19.7 Å². The van der Waals surface area contributed by atoms with E-state index in [-0.39, 0.29) is 23.4 Å². The molecule has 38 heavy (non-hydrogen) atoms. The zero-order valence-electron chi connectivity index (χ0n) is 22.3. The number of nitrogens with one attached hydrogen (secondary N) is 1. The molecule has 0 radical (unpaired) electrons. The van der Waals surface area contributed by atoms with Crippen molar-refractivity contribution < 1.29 is 19.4 Å². The first-order valence-electron chi connectivity index (χ1n) is 12.5. The lowest BCUT2D eigenvalue weighted by atomic mass is 9.97. The van der Waals surface area contributed by atoms with E-state index in [1.807, 2.05) is 6.07 Å². The number of rotatable bonds is 8. The Balaban J connectivity index is 0.00000420. The third-order valence-corrected chi connectivity index (χ3v) is 7.52. The standard InChI is InChI=1S/C27H34N6O4S.H2/c1-17(2)16-37-23-12-9-19(14-29-23)21-11-10-20(25(30-21)33-15-18(3)13-27(33,4)5)26(34)32-38(35,36)24-8-6-7-22(28)31-24;/h6-12,14,17-18H,13,15-16H2,1-5H3,(H2,28,31)(H,32,34);1H. The van der Waals surface area contributed by atoms with Gasteiger partial charge >= 0.3 is 0 Å². The van der Waals surface area contributed by atoms with Crippen LogP contribution in [0.4, 0.5) is 11.6 Å². The molecule has 3 aromatic heterocycles. The lowest BCUT2D eigenvalue weighted by molar-refractivity contribution is 0.0981. The highest BCUT2D eigenvalue weighted by atomic mass is 32.2. The van der Waals surface area contributed by atoms with Crippen LogP contribution in [0.5, 0.6) is 5.88 Å².